The van der Waals surface area contributed by atoms with Gasteiger partial charge in [0.15, 0.2) is 0 Å². The van der Waals surface area contributed by atoms with E-state index in [2.05, 4.69) is 42.4 Å². The van der Waals surface area contributed by atoms with Crippen LogP contribution in [0.2, 0.25) is 0 Å². The Kier molecular flexibility index (Phi) is 11.3. The van der Waals surface area contributed by atoms with E-state index in [1.54, 1.807) is 11.1 Å². The first-order valence-corrected chi connectivity index (χ1v) is 19.5. The molecule has 4 heterocycles. The van der Waals surface area contributed by atoms with E-state index in [-0.39, 0.29) is 24.0 Å². The van der Waals surface area contributed by atoms with Gasteiger partial charge in [0, 0.05) is 30.8 Å². The molecule has 2 aliphatic heterocycles. The Morgan fingerprint density at radius 2 is 1.24 bits per heavy atom. The number of aromatic amines is 2. The first-order valence-electron chi connectivity index (χ1n) is 19.5. The maximum Gasteiger partial charge on any atom is 0.407 e. The Labute approximate surface area is 337 Å². The van der Waals surface area contributed by atoms with Crippen molar-refractivity contribution in [1.29, 1.82) is 0 Å². The van der Waals surface area contributed by atoms with E-state index < -0.39 is 12.1 Å². The van der Waals surface area contributed by atoms with Crippen LogP contribution in [0.5, 0.6) is 0 Å². The lowest BCUT2D eigenvalue weighted by molar-refractivity contribution is -0.134. The second-order valence-electron chi connectivity index (χ2n) is 14.4. The molecule has 0 aliphatic carbocycles. The van der Waals surface area contributed by atoms with Crippen molar-refractivity contribution in [2.75, 3.05) is 20.2 Å². The number of nitrogens with zero attached hydrogens (tertiary/aromatic N) is 4. The highest BCUT2D eigenvalue weighted by Crippen LogP contribution is 2.35. The van der Waals surface area contributed by atoms with Crippen molar-refractivity contribution in [2.45, 2.75) is 50.4 Å². The number of H-pyrrole nitrogens is 2. The minimum atomic E-state index is -0.874. The van der Waals surface area contributed by atoms with E-state index in [0.717, 1.165) is 70.7 Å². The molecule has 2 fully saturated rings. The fraction of sp³-hybridized carbons (Fsp3) is 0.239. The summed E-state index contributed by atoms with van der Waals surface area (Å²) >= 11 is 0. The molecular weight excluding hydrogens is 729 g/mol. The smallest absolute Gasteiger partial charge is 0.407 e. The zero-order chi connectivity index (χ0) is 39.8. The van der Waals surface area contributed by atoms with Crippen molar-refractivity contribution in [1.82, 2.24) is 40.4 Å². The molecular formula is C46H44N8O4. The van der Waals surface area contributed by atoms with E-state index in [0.29, 0.717) is 31.0 Å². The van der Waals surface area contributed by atoms with Gasteiger partial charge in [0.1, 0.15) is 17.7 Å². The van der Waals surface area contributed by atoms with Crippen LogP contribution < -0.4 is 10.6 Å². The Morgan fingerprint density at radius 1 is 0.724 bits per heavy atom. The number of nitrogens with one attached hydrogen (secondary N) is 4. The zero-order valence-electron chi connectivity index (χ0n) is 32.2. The molecule has 0 radical (unpaired) electrons. The van der Waals surface area contributed by atoms with Gasteiger partial charge in [0.05, 0.1) is 43.0 Å². The number of carbonyl (C=O) groups excluding carboxylic acids is 3. The van der Waals surface area contributed by atoms with Crippen LogP contribution in [0.1, 0.15) is 77.7 Å². The number of urea groups is 1. The van der Waals surface area contributed by atoms with Gasteiger partial charge < -0.3 is 35.1 Å². The molecule has 8 rings (SSSR count). The van der Waals surface area contributed by atoms with Gasteiger partial charge in [-0.1, -0.05) is 96.8 Å². The number of benzene rings is 4. The van der Waals surface area contributed by atoms with Crippen molar-refractivity contribution in [3.63, 3.8) is 0 Å². The Hall–Kier alpha value is -7.13. The van der Waals surface area contributed by atoms with Gasteiger partial charge in [0.2, 0.25) is 0 Å². The molecule has 2 aromatic heterocycles. The number of aromatic nitrogens is 4. The summed E-state index contributed by atoms with van der Waals surface area (Å²) in [5, 5.41) is 5.76. The monoisotopic (exact) mass is 772 g/mol. The second kappa shape index (κ2) is 17.3. The number of likely N-dealkylation sites (tertiary alicyclic amines) is 2. The molecule has 0 bridgehead atoms. The summed E-state index contributed by atoms with van der Waals surface area (Å²) in [5.41, 5.74) is 7.17. The number of imidazole rings is 2. The quantitative estimate of drug-likeness (QED) is 0.111. The molecule has 0 saturated carbocycles. The van der Waals surface area contributed by atoms with E-state index in [1.165, 1.54) is 7.11 Å². The minimum Gasteiger partial charge on any atom is -0.453 e. The van der Waals surface area contributed by atoms with Crippen molar-refractivity contribution in [3.8, 4) is 34.4 Å². The highest BCUT2D eigenvalue weighted by Gasteiger charge is 2.37. The summed E-state index contributed by atoms with van der Waals surface area (Å²) in [6, 6.07) is 33.8. The Balaban J connectivity index is 0.883. The summed E-state index contributed by atoms with van der Waals surface area (Å²) in [5.74, 6) is 7.81. The van der Waals surface area contributed by atoms with Crippen LogP contribution in [0, 0.1) is 11.8 Å². The van der Waals surface area contributed by atoms with Crippen LogP contribution in [0.15, 0.2) is 122 Å². The first-order chi connectivity index (χ1) is 28.4. The number of methoxy groups -OCH3 is 1. The number of hydrogen-bond donors (Lipinski definition) is 4. The molecule has 3 atom stereocenters. The summed E-state index contributed by atoms with van der Waals surface area (Å²) < 4.78 is 4.82. The molecule has 4 N–H and O–H groups in total. The zero-order valence-corrected chi connectivity index (χ0v) is 32.2. The van der Waals surface area contributed by atoms with Crippen LogP contribution in [0.4, 0.5) is 9.59 Å². The average molecular weight is 773 g/mol. The Morgan fingerprint density at radius 3 is 1.79 bits per heavy atom. The number of ether oxygens (including phenoxy) is 1. The van der Waals surface area contributed by atoms with E-state index >= 15 is 0 Å². The summed E-state index contributed by atoms with van der Waals surface area (Å²) in [6.07, 6.45) is 6.32. The molecule has 12 nitrogen and oxygen atoms in total. The van der Waals surface area contributed by atoms with Crippen molar-refractivity contribution in [2.24, 2.45) is 0 Å². The fourth-order valence-electron chi connectivity index (χ4n) is 7.68. The lowest BCUT2D eigenvalue weighted by Crippen LogP contribution is -2.42. The van der Waals surface area contributed by atoms with Gasteiger partial charge in [-0.2, -0.15) is 0 Å². The summed E-state index contributed by atoms with van der Waals surface area (Å²) in [4.78, 5) is 59.0. The molecule has 2 aliphatic rings. The minimum absolute atomic E-state index is 0.0796. The molecule has 4 aromatic carbocycles. The van der Waals surface area contributed by atoms with Crippen LogP contribution >= 0.6 is 0 Å². The van der Waals surface area contributed by atoms with Crippen molar-refractivity contribution >= 4 is 18.0 Å². The molecule has 2 saturated heterocycles. The summed E-state index contributed by atoms with van der Waals surface area (Å²) in [7, 11) is 1.28. The number of amides is 4. The highest BCUT2D eigenvalue weighted by atomic mass is 16.5. The van der Waals surface area contributed by atoms with Crippen LogP contribution in [0.25, 0.3) is 22.5 Å². The lowest BCUT2D eigenvalue weighted by Gasteiger charge is -2.28. The maximum absolute atomic E-state index is 13.9. The highest BCUT2D eigenvalue weighted by molar-refractivity contribution is 5.87. The third-order valence-corrected chi connectivity index (χ3v) is 10.7. The van der Waals surface area contributed by atoms with E-state index in [4.69, 9.17) is 4.74 Å². The topological polar surface area (TPSA) is 148 Å². The number of hydrogen-bond acceptors (Lipinski definition) is 6. The van der Waals surface area contributed by atoms with Gasteiger partial charge in [0.25, 0.3) is 5.91 Å². The van der Waals surface area contributed by atoms with Gasteiger partial charge in [-0.25, -0.2) is 19.6 Å². The predicted octanol–water partition coefficient (Wildman–Crippen LogP) is 7.67. The largest absolute Gasteiger partial charge is 0.453 e. The van der Waals surface area contributed by atoms with Gasteiger partial charge >= 0.3 is 12.1 Å². The third kappa shape index (κ3) is 8.49. The van der Waals surface area contributed by atoms with Crippen LogP contribution in [-0.4, -0.2) is 68.0 Å². The Bertz CT molecular complexity index is 2420. The van der Waals surface area contributed by atoms with E-state index in [1.807, 2.05) is 120 Å². The van der Waals surface area contributed by atoms with Crippen molar-refractivity contribution in [3.05, 3.63) is 155 Å². The molecule has 12 heteroatoms. The third-order valence-electron chi connectivity index (χ3n) is 10.7. The summed E-state index contributed by atoms with van der Waals surface area (Å²) in [6.45, 7) is 1.74. The SMILES string of the molecule is COC(=O)NC(C(=O)N1CCCC1c1ncc(-c2ccc(C#Cc3ccc(-c4cnc(C5CCCN5C(=O)NCc5ccccc5)[nH]4)cc3)cc2)[nH]1)c1ccccc1. The second-order valence-corrected chi connectivity index (χ2v) is 14.4. The maximum atomic E-state index is 13.9. The number of carbonyl (C=O) groups is 3. The molecule has 3 unspecified atom stereocenters. The van der Waals surface area contributed by atoms with Gasteiger partial charge in [-0.3, -0.25) is 4.79 Å². The van der Waals surface area contributed by atoms with Crippen LogP contribution in [0.3, 0.4) is 0 Å². The molecule has 4 amide bonds. The predicted molar refractivity (Wildman–Crippen MR) is 220 cm³/mol. The average Bonchev–Trinajstić information content (AvgIpc) is 4.12. The van der Waals surface area contributed by atoms with Crippen LogP contribution in [-0.2, 0) is 16.1 Å². The van der Waals surface area contributed by atoms with E-state index in [9.17, 15) is 14.4 Å². The number of rotatable bonds is 9. The molecule has 58 heavy (non-hydrogen) atoms. The molecule has 0 spiro atoms. The van der Waals surface area contributed by atoms with Gasteiger partial charge in [-0.15, -0.1) is 0 Å². The first kappa shape index (κ1) is 37.8. The van der Waals surface area contributed by atoms with Crippen molar-refractivity contribution < 1.29 is 19.1 Å². The molecule has 292 valence electrons. The molecule has 6 aromatic rings. The number of alkyl carbamates (subject to hydrolysis) is 1. The van der Waals surface area contributed by atoms with Gasteiger partial charge in [-0.05, 0) is 72.2 Å². The normalized spacial score (nSPS) is 16.6. The lowest BCUT2D eigenvalue weighted by atomic mass is 10.1. The standard InChI is InChI=1S/C46H44N8O4/c1-58-46(57)52-41(36-12-6-3-7-13-36)44(55)53-26-8-14-39(53)42-47-29-37(50-42)34-22-18-31(19-23-34)16-17-32-20-24-35(25-21-32)38-30-48-43(51-38)40-15-9-27-54(40)45(56)49-28-33-10-4-2-5-11-33/h2-7,10-13,18-25,29-30,39-41H,8-9,14-15,26-28H2,1H3,(H,47,50)(H,48,51)(H,49,56)(H,52,57). The fourth-order valence-corrected chi connectivity index (χ4v) is 7.68.